The number of nitrogens with zero attached hydrogens (tertiary/aromatic N) is 2. The summed E-state index contributed by atoms with van der Waals surface area (Å²) in [4.78, 5) is 16.8. The van der Waals surface area contributed by atoms with Crippen LogP contribution < -0.4 is 14.8 Å². The van der Waals surface area contributed by atoms with Gasteiger partial charge in [0.05, 0.1) is 18.1 Å². The Morgan fingerprint density at radius 1 is 0.971 bits per heavy atom. The number of amides is 1. The molecule has 0 saturated carbocycles. The Morgan fingerprint density at radius 2 is 1.68 bits per heavy atom. The molecule has 4 aromatic rings. The zero-order chi connectivity index (χ0) is 24.0. The number of anilines is 2. The van der Waals surface area contributed by atoms with Crippen molar-refractivity contribution < 1.29 is 17.9 Å². The molecule has 0 radical (unpaired) electrons. The first kappa shape index (κ1) is 22.7. The molecule has 1 heterocycles. The number of sulfonamides is 1. The highest BCUT2D eigenvalue weighted by Gasteiger charge is 2.14. The number of nitrogens with one attached hydrogen (secondary N) is 3. The van der Waals surface area contributed by atoms with Crippen LogP contribution in [0.15, 0.2) is 84.3 Å². The quantitative estimate of drug-likeness (QED) is 0.352. The Balaban J connectivity index is 1.40. The fourth-order valence-electron chi connectivity index (χ4n) is 3.07. The van der Waals surface area contributed by atoms with Crippen LogP contribution in [0.2, 0.25) is 0 Å². The Morgan fingerprint density at radius 3 is 2.41 bits per heavy atom. The van der Waals surface area contributed by atoms with Gasteiger partial charge in [0.25, 0.3) is 15.9 Å². The van der Waals surface area contributed by atoms with Crippen molar-refractivity contribution in [3.8, 4) is 17.1 Å². The Labute approximate surface area is 196 Å². The lowest BCUT2D eigenvalue weighted by atomic mass is 10.2. The van der Waals surface area contributed by atoms with Crippen LogP contribution in [0, 0.1) is 0 Å². The summed E-state index contributed by atoms with van der Waals surface area (Å²) < 4.78 is 32.3. The van der Waals surface area contributed by atoms with E-state index in [9.17, 15) is 13.2 Å². The average Bonchev–Trinajstić information content (AvgIpc) is 3.32. The summed E-state index contributed by atoms with van der Waals surface area (Å²) in [6.45, 7) is 0. The molecular formula is C24H21N5O4S. The highest BCUT2D eigenvalue weighted by atomic mass is 32.2. The van der Waals surface area contributed by atoms with E-state index in [1.54, 1.807) is 25.3 Å². The normalized spacial score (nSPS) is 11.3. The minimum atomic E-state index is -3.71. The van der Waals surface area contributed by atoms with Crippen LogP contribution in [0.25, 0.3) is 17.5 Å². The third-order valence-corrected chi connectivity index (χ3v) is 5.73. The first-order chi connectivity index (χ1) is 16.4. The van der Waals surface area contributed by atoms with Gasteiger partial charge in [-0.2, -0.15) is 4.98 Å². The second kappa shape index (κ2) is 10.0. The van der Waals surface area contributed by atoms with Gasteiger partial charge < -0.3 is 4.74 Å². The van der Waals surface area contributed by atoms with Gasteiger partial charge in [0.1, 0.15) is 5.75 Å². The molecule has 0 aliphatic heterocycles. The molecule has 0 unspecified atom stereocenters. The van der Waals surface area contributed by atoms with Crippen molar-refractivity contribution in [2.75, 3.05) is 17.1 Å². The van der Waals surface area contributed by atoms with E-state index in [2.05, 4.69) is 25.2 Å². The van der Waals surface area contributed by atoms with Gasteiger partial charge in [0.2, 0.25) is 5.95 Å². The summed E-state index contributed by atoms with van der Waals surface area (Å²) in [7, 11) is -2.15. The van der Waals surface area contributed by atoms with Crippen LogP contribution >= 0.6 is 0 Å². The third-order valence-electron chi connectivity index (χ3n) is 4.72. The molecule has 0 bridgehead atoms. The number of ether oxygens (including phenoxy) is 1. The lowest BCUT2D eigenvalue weighted by Gasteiger charge is -2.06. The number of rotatable bonds is 8. The molecule has 3 N–H and O–H groups in total. The van der Waals surface area contributed by atoms with Crippen LogP contribution in [-0.2, 0) is 10.0 Å². The number of carbonyl (C=O) groups excluding carboxylic acids is 1. The maximum Gasteiger partial charge on any atom is 0.258 e. The largest absolute Gasteiger partial charge is 0.496 e. The molecular weight excluding hydrogens is 454 g/mol. The molecule has 3 aromatic carbocycles. The van der Waals surface area contributed by atoms with Gasteiger partial charge in [0, 0.05) is 11.3 Å². The monoisotopic (exact) mass is 475 g/mol. The van der Waals surface area contributed by atoms with E-state index >= 15 is 0 Å². The molecule has 0 atom stereocenters. The Kier molecular flexibility index (Phi) is 6.69. The highest BCUT2D eigenvalue weighted by Crippen LogP contribution is 2.27. The Bertz CT molecular complexity index is 1420. The van der Waals surface area contributed by atoms with E-state index in [0.717, 1.165) is 11.0 Å². The molecule has 1 aromatic heterocycles. The average molecular weight is 476 g/mol. The predicted molar refractivity (Wildman–Crippen MR) is 131 cm³/mol. The summed E-state index contributed by atoms with van der Waals surface area (Å²) in [5.41, 5.74) is 2.11. The number of benzene rings is 3. The van der Waals surface area contributed by atoms with Crippen LogP contribution in [0.4, 0.5) is 11.6 Å². The van der Waals surface area contributed by atoms with Gasteiger partial charge in [0.15, 0.2) is 5.82 Å². The van der Waals surface area contributed by atoms with Crippen LogP contribution in [0.1, 0.15) is 15.9 Å². The standard InChI is InChI=1S/C24H21N5O4S/c1-33-21-10-6-5-9-20(21)22-25-24(28-27-22)26-23(30)18-11-13-19(14-12-18)29-34(31,32)16-15-17-7-3-2-4-8-17/h2-16,29H,1H3,(H2,25,26,27,28,30)/b16-15+. The van der Waals surface area contributed by atoms with E-state index in [-0.39, 0.29) is 5.95 Å². The molecule has 0 spiro atoms. The topological polar surface area (TPSA) is 126 Å². The number of methoxy groups -OCH3 is 1. The van der Waals surface area contributed by atoms with Gasteiger partial charge >= 0.3 is 0 Å². The lowest BCUT2D eigenvalue weighted by Crippen LogP contribution is -2.13. The first-order valence-corrected chi connectivity index (χ1v) is 11.7. The maximum absolute atomic E-state index is 12.6. The number of hydrogen-bond acceptors (Lipinski definition) is 6. The molecule has 10 heteroatoms. The minimum absolute atomic E-state index is 0.0988. The van der Waals surface area contributed by atoms with Crippen molar-refractivity contribution >= 4 is 33.6 Å². The van der Waals surface area contributed by atoms with Gasteiger partial charge in [-0.25, -0.2) is 8.42 Å². The lowest BCUT2D eigenvalue weighted by molar-refractivity contribution is 0.102. The van der Waals surface area contributed by atoms with Gasteiger partial charge in [-0.15, -0.1) is 5.10 Å². The zero-order valence-corrected chi connectivity index (χ0v) is 18.9. The number of aromatic nitrogens is 3. The molecule has 4 rings (SSSR count). The highest BCUT2D eigenvalue weighted by molar-refractivity contribution is 7.95. The van der Waals surface area contributed by atoms with Crippen molar-refractivity contribution in [2.24, 2.45) is 0 Å². The van der Waals surface area contributed by atoms with Crippen molar-refractivity contribution in [3.05, 3.63) is 95.4 Å². The number of para-hydroxylation sites is 1. The van der Waals surface area contributed by atoms with Crippen molar-refractivity contribution in [3.63, 3.8) is 0 Å². The molecule has 0 aliphatic carbocycles. The molecule has 0 saturated heterocycles. The number of hydrogen-bond donors (Lipinski definition) is 3. The van der Waals surface area contributed by atoms with Gasteiger partial charge in [-0.05, 0) is 48.0 Å². The molecule has 172 valence electrons. The van der Waals surface area contributed by atoms with Gasteiger partial charge in [-0.3, -0.25) is 19.9 Å². The van der Waals surface area contributed by atoms with Crippen molar-refractivity contribution in [1.29, 1.82) is 0 Å². The maximum atomic E-state index is 12.6. The third kappa shape index (κ3) is 5.67. The summed E-state index contributed by atoms with van der Waals surface area (Å²) in [5.74, 6) is 0.722. The Hall–Kier alpha value is -4.44. The molecule has 0 aliphatic rings. The van der Waals surface area contributed by atoms with E-state index in [0.29, 0.717) is 28.4 Å². The summed E-state index contributed by atoms with van der Waals surface area (Å²) in [5, 5.41) is 10.5. The summed E-state index contributed by atoms with van der Waals surface area (Å²) >= 11 is 0. The second-order valence-electron chi connectivity index (χ2n) is 7.10. The van der Waals surface area contributed by atoms with Crippen LogP contribution in [-0.4, -0.2) is 36.6 Å². The van der Waals surface area contributed by atoms with E-state index in [4.69, 9.17) is 4.74 Å². The SMILES string of the molecule is COc1ccccc1-c1nc(NC(=O)c2ccc(NS(=O)(=O)/C=C/c3ccccc3)cc2)n[nH]1. The molecule has 0 fully saturated rings. The van der Waals surface area contributed by atoms with E-state index < -0.39 is 15.9 Å². The fourth-order valence-corrected chi connectivity index (χ4v) is 3.94. The fraction of sp³-hybridized carbons (Fsp3) is 0.0417. The van der Waals surface area contributed by atoms with E-state index in [1.165, 1.54) is 30.3 Å². The predicted octanol–water partition coefficient (Wildman–Crippen LogP) is 4.15. The number of H-pyrrole nitrogens is 1. The molecule has 34 heavy (non-hydrogen) atoms. The summed E-state index contributed by atoms with van der Waals surface area (Å²) in [6.07, 6.45) is 1.50. The van der Waals surface area contributed by atoms with Crippen LogP contribution in [0.3, 0.4) is 0 Å². The van der Waals surface area contributed by atoms with Gasteiger partial charge in [-0.1, -0.05) is 42.5 Å². The first-order valence-electron chi connectivity index (χ1n) is 10.2. The molecule has 9 nitrogen and oxygen atoms in total. The van der Waals surface area contributed by atoms with Crippen molar-refractivity contribution in [1.82, 2.24) is 15.2 Å². The minimum Gasteiger partial charge on any atom is -0.496 e. The number of carbonyl (C=O) groups is 1. The summed E-state index contributed by atoms with van der Waals surface area (Å²) in [6, 6.07) is 22.4. The van der Waals surface area contributed by atoms with Crippen LogP contribution in [0.5, 0.6) is 5.75 Å². The zero-order valence-electron chi connectivity index (χ0n) is 18.1. The second-order valence-corrected chi connectivity index (χ2v) is 8.67. The molecule has 1 amide bonds. The number of aromatic amines is 1. The smallest absolute Gasteiger partial charge is 0.258 e. The van der Waals surface area contributed by atoms with E-state index in [1.807, 2.05) is 36.4 Å². The van der Waals surface area contributed by atoms with Crippen molar-refractivity contribution in [2.45, 2.75) is 0 Å².